The number of carbonyl (C=O) groups excluding carboxylic acids is 1. The summed E-state index contributed by atoms with van der Waals surface area (Å²) >= 11 is 0. The Morgan fingerprint density at radius 3 is 2.70 bits per heavy atom. The zero-order chi connectivity index (χ0) is 29.6. The van der Waals surface area contributed by atoms with Gasteiger partial charge in [-0.1, -0.05) is 30.7 Å². The van der Waals surface area contributed by atoms with Crippen molar-refractivity contribution in [3.63, 3.8) is 0 Å². The van der Waals surface area contributed by atoms with Gasteiger partial charge in [0.15, 0.2) is 0 Å². The van der Waals surface area contributed by atoms with Crippen molar-refractivity contribution < 1.29 is 19.4 Å². The average Bonchev–Trinajstić information content (AvgIpc) is 3.77. The molecule has 1 aliphatic heterocycles. The van der Waals surface area contributed by atoms with Crippen molar-refractivity contribution in [1.82, 2.24) is 19.9 Å². The first kappa shape index (κ1) is 27.1. The number of likely N-dealkylation sites (tertiary alicyclic amines) is 1. The molecule has 2 aliphatic carbocycles. The minimum atomic E-state index is -0.915. The van der Waals surface area contributed by atoms with Gasteiger partial charge in [0, 0.05) is 53.9 Å². The standard InChI is InChI=1S/C33H34N6O4/c1-20-10-11-22-23(7-2-9-26(22)37-29(40)25-18-33(25)13-5-14-33)28(20)43-30-24(8-3-15-34-30)27-12-16-35-31(38-27)36-21-6-4-17-39(19-21)32(41)42/h2-3,7-12,15-16,21,25H,4-6,13-14,17-19H2,1H3,(H,37,40)(H,41,42)(H,35,36,38)/t21-,25?/m0/s1. The first-order valence-corrected chi connectivity index (χ1v) is 14.9. The van der Waals surface area contributed by atoms with Crippen LogP contribution >= 0.6 is 0 Å². The summed E-state index contributed by atoms with van der Waals surface area (Å²) in [6.45, 7) is 2.91. The SMILES string of the molecule is Cc1ccc2c(NC(=O)C3CC34CCC4)cccc2c1Oc1ncccc1-c1ccnc(N[C@H]2CCCN(C(=O)O)C2)n1. The van der Waals surface area contributed by atoms with Gasteiger partial charge in [0.05, 0.1) is 11.3 Å². The summed E-state index contributed by atoms with van der Waals surface area (Å²) < 4.78 is 6.54. The fourth-order valence-electron chi connectivity index (χ4n) is 6.60. The van der Waals surface area contributed by atoms with Crippen LogP contribution in [0.3, 0.4) is 0 Å². The van der Waals surface area contributed by atoms with E-state index in [2.05, 4.69) is 20.6 Å². The van der Waals surface area contributed by atoms with Gasteiger partial charge in [-0.25, -0.2) is 19.7 Å². The Bertz CT molecular complexity index is 1720. The molecule has 3 heterocycles. The number of hydrogen-bond acceptors (Lipinski definition) is 7. The molecule has 43 heavy (non-hydrogen) atoms. The number of benzene rings is 2. The first-order chi connectivity index (χ1) is 20.9. The molecule has 2 amide bonds. The van der Waals surface area contributed by atoms with Crippen LogP contribution < -0.4 is 15.4 Å². The van der Waals surface area contributed by atoms with Crippen LogP contribution in [0.4, 0.5) is 16.4 Å². The maximum Gasteiger partial charge on any atom is 0.407 e. The van der Waals surface area contributed by atoms with Crippen LogP contribution in [-0.4, -0.2) is 56.1 Å². The zero-order valence-corrected chi connectivity index (χ0v) is 24.0. The van der Waals surface area contributed by atoms with Crippen LogP contribution in [0.5, 0.6) is 11.6 Å². The second-order valence-corrected chi connectivity index (χ2v) is 12.0. The van der Waals surface area contributed by atoms with E-state index in [0.717, 1.165) is 54.1 Å². The molecule has 2 aromatic heterocycles. The topological polar surface area (TPSA) is 130 Å². The Kier molecular flexibility index (Phi) is 6.83. The van der Waals surface area contributed by atoms with Gasteiger partial charge >= 0.3 is 6.09 Å². The highest BCUT2D eigenvalue weighted by molar-refractivity contribution is 6.06. The average molecular weight is 579 g/mol. The second-order valence-electron chi connectivity index (χ2n) is 12.0. The van der Waals surface area contributed by atoms with E-state index in [1.807, 2.05) is 49.4 Å². The lowest BCUT2D eigenvalue weighted by Crippen LogP contribution is -2.44. The largest absolute Gasteiger partial charge is 0.465 e. The van der Waals surface area contributed by atoms with Crippen molar-refractivity contribution in [3.05, 3.63) is 66.5 Å². The van der Waals surface area contributed by atoms with E-state index >= 15 is 0 Å². The van der Waals surface area contributed by atoms with Crippen molar-refractivity contribution in [1.29, 1.82) is 0 Å². The van der Waals surface area contributed by atoms with Crippen molar-refractivity contribution in [2.75, 3.05) is 23.7 Å². The Morgan fingerprint density at radius 1 is 1.02 bits per heavy atom. The fourth-order valence-corrected chi connectivity index (χ4v) is 6.60. The summed E-state index contributed by atoms with van der Waals surface area (Å²) in [5, 5.41) is 17.7. The van der Waals surface area contributed by atoms with E-state index in [9.17, 15) is 14.7 Å². The molecular formula is C33H34N6O4. The van der Waals surface area contributed by atoms with Gasteiger partial charge in [-0.05, 0) is 74.3 Å². The quantitative estimate of drug-likeness (QED) is 0.227. The van der Waals surface area contributed by atoms with Crippen LogP contribution in [0, 0.1) is 18.3 Å². The number of nitrogens with one attached hydrogen (secondary N) is 2. The van der Waals surface area contributed by atoms with Gasteiger partial charge in [0.2, 0.25) is 17.7 Å². The fraction of sp³-hybridized carbons (Fsp3) is 0.364. The molecule has 1 spiro atoms. The van der Waals surface area contributed by atoms with Crippen LogP contribution in [0.15, 0.2) is 60.9 Å². The van der Waals surface area contributed by atoms with E-state index in [0.29, 0.717) is 41.9 Å². The number of pyridine rings is 1. The molecule has 2 saturated carbocycles. The number of nitrogens with zero attached hydrogens (tertiary/aromatic N) is 4. The molecule has 1 saturated heterocycles. The molecule has 1 unspecified atom stereocenters. The van der Waals surface area contributed by atoms with Gasteiger partial charge in [-0.2, -0.15) is 0 Å². The highest BCUT2D eigenvalue weighted by Crippen LogP contribution is 2.65. The van der Waals surface area contributed by atoms with Crippen molar-refractivity contribution in [3.8, 4) is 22.9 Å². The van der Waals surface area contributed by atoms with E-state index in [1.165, 1.54) is 11.3 Å². The monoisotopic (exact) mass is 578 g/mol. The zero-order valence-electron chi connectivity index (χ0n) is 24.0. The lowest BCUT2D eigenvalue weighted by atomic mass is 9.79. The molecule has 3 N–H and O–H groups in total. The van der Waals surface area contributed by atoms with Crippen molar-refractivity contribution in [2.24, 2.45) is 11.3 Å². The third-order valence-electron chi connectivity index (χ3n) is 9.25. The lowest BCUT2D eigenvalue weighted by Gasteiger charge is -2.31. The molecule has 3 fully saturated rings. The number of ether oxygens (including phenoxy) is 1. The maximum atomic E-state index is 13.1. The van der Waals surface area contributed by atoms with E-state index < -0.39 is 6.09 Å². The van der Waals surface area contributed by atoms with Crippen molar-refractivity contribution in [2.45, 2.75) is 51.5 Å². The molecule has 4 aromatic rings. The predicted molar refractivity (Wildman–Crippen MR) is 163 cm³/mol. The van der Waals surface area contributed by atoms with Crippen LogP contribution in [-0.2, 0) is 4.79 Å². The third-order valence-corrected chi connectivity index (χ3v) is 9.25. The number of carboxylic acid groups (broad SMARTS) is 1. The summed E-state index contributed by atoms with van der Waals surface area (Å²) in [6, 6.07) is 15.4. The van der Waals surface area contributed by atoms with Gasteiger partial charge in [-0.15, -0.1) is 0 Å². The van der Waals surface area contributed by atoms with Crippen molar-refractivity contribution >= 4 is 34.4 Å². The van der Waals surface area contributed by atoms with Gasteiger partial charge in [0.25, 0.3) is 0 Å². The molecule has 220 valence electrons. The van der Waals surface area contributed by atoms with Gasteiger partial charge < -0.3 is 25.4 Å². The number of amides is 2. The van der Waals surface area contributed by atoms with E-state index in [1.54, 1.807) is 18.5 Å². The Morgan fingerprint density at radius 2 is 1.91 bits per heavy atom. The number of fused-ring (bicyclic) bond motifs is 1. The molecule has 2 aromatic carbocycles. The molecule has 10 heteroatoms. The van der Waals surface area contributed by atoms with Crippen LogP contribution in [0.2, 0.25) is 0 Å². The molecule has 7 rings (SSSR count). The van der Waals surface area contributed by atoms with Gasteiger partial charge in [0.1, 0.15) is 5.75 Å². The number of anilines is 2. The minimum Gasteiger partial charge on any atom is -0.465 e. The highest BCUT2D eigenvalue weighted by atomic mass is 16.5. The Hall–Kier alpha value is -4.73. The normalized spacial score (nSPS) is 20.3. The summed E-state index contributed by atoms with van der Waals surface area (Å²) in [5.74, 6) is 1.72. The third kappa shape index (κ3) is 5.22. The minimum absolute atomic E-state index is 0.0723. The number of aryl methyl sites for hydroxylation is 1. The van der Waals surface area contributed by atoms with Crippen LogP contribution in [0.25, 0.3) is 22.0 Å². The number of carbonyl (C=O) groups is 2. The van der Waals surface area contributed by atoms with E-state index in [4.69, 9.17) is 9.72 Å². The lowest BCUT2D eigenvalue weighted by molar-refractivity contribution is -0.118. The summed E-state index contributed by atoms with van der Waals surface area (Å²) in [5.41, 5.74) is 3.32. The predicted octanol–water partition coefficient (Wildman–Crippen LogP) is 6.48. The molecule has 10 nitrogen and oxygen atoms in total. The molecular weight excluding hydrogens is 544 g/mol. The molecule has 2 atom stereocenters. The molecule has 0 radical (unpaired) electrons. The summed E-state index contributed by atoms with van der Waals surface area (Å²) in [4.78, 5) is 39.6. The number of aromatic nitrogens is 3. The number of piperidine rings is 1. The maximum absolute atomic E-state index is 13.1. The summed E-state index contributed by atoms with van der Waals surface area (Å²) in [6.07, 6.45) is 8.61. The molecule has 3 aliphatic rings. The second kappa shape index (κ2) is 10.8. The number of hydrogen-bond donors (Lipinski definition) is 3. The van der Waals surface area contributed by atoms with Gasteiger partial charge in [-0.3, -0.25) is 4.79 Å². The smallest absolute Gasteiger partial charge is 0.407 e. The Balaban J connectivity index is 1.15. The van der Waals surface area contributed by atoms with E-state index in [-0.39, 0.29) is 23.3 Å². The summed E-state index contributed by atoms with van der Waals surface area (Å²) in [7, 11) is 0. The van der Waals surface area contributed by atoms with Crippen LogP contribution in [0.1, 0.15) is 44.1 Å². The Labute approximate surface area is 249 Å². The number of rotatable bonds is 7. The molecule has 0 bridgehead atoms. The first-order valence-electron chi connectivity index (χ1n) is 14.9. The highest BCUT2D eigenvalue weighted by Gasteiger charge is 2.60.